The third-order valence-corrected chi connectivity index (χ3v) is 6.38. The van der Waals surface area contributed by atoms with Gasteiger partial charge in [-0.25, -0.2) is 12.4 Å². The number of aromatic nitrogens is 1. The molecule has 130 valence electrons. The van der Waals surface area contributed by atoms with E-state index in [4.69, 9.17) is 0 Å². The standard InChI is InChI=1S/C22H19NO2S/c1-16-8-11-19(12-9-16)26(24,25)23-15-14-20-17(2)10-13-21(22(20)23)18-6-4-3-5-7-18/h3-15H,1-2H3. The molecular weight excluding hydrogens is 342 g/mol. The Morgan fingerprint density at radius 3 is 2.15 bits per heavy atom. The van der Waals surface area contributed by atoms with Crippen LogP contribution in [0.3, 0.4) is 0 Å². The molecule has 0 saturated heterocycles. The van der Waals surface area contributed by atoms with Crippen LogP contribution in [0.4, 0.5) is 0 Å². The Morgan fingerprint density at radius 1 is 0.769 bits per heavy atom. The van der Waals surface area contributed by atoms with Crippen LogP contribution in [0, 0.1) is 13.8 Å². The van der Waals surface area contributed by atoms with Crippen LogP contribution in [0.5, 0.6) is 0 Å². The summed E-state index contributed by atoms with van der Waals surface area (Å²) in [5.74, 6) is 0. The van der Waals surface area contributed by atoms with Crippen molar-refractivity contribution in [2.45, 2.75) is 18.7 Å². The van der Waals surface area contributed by atoms with Crippen LogP contribution in [0.1, 0.15) is 11.1 Å². The van der Waals surface area contributed by atoms with Gasteiger partial charge in [0.05, 0.1) is 10.4 Å². The maximum absolute atomic E-state index is 13.3. The number of rotatable bonds is 3. The second-order valence-corrected chi connectivity index (χ2v) is 8.30. The Balaban J connectivity index is 2.02. The van der Waals surface area contributed by atoms with Crippen LogP contribution in [-0.4, -0.2) is 12.4 Å². The van der Waals surface area contributed by atoms with Gasteiger partial charge >= 0.3 is 0 Å². The monoisotopic (exact) mass is 361 g/mol. The summed E-state index contributed by atoms with van der Waals surface area (Å²) in [6.07, 6.45) is 1.65. The predicted octanol–water partition coefficient (Wildman–Crippen LogP) is 5.16. The minimum absolute atomic E-state index is 0.293. The third kappa shape index (κ3) is 2.63. The second kappa shape index (κ2) is 6.15. The van der Waals surface area contributed by atoms with Crippen LogP contribution in [0.15, 0.2) is 83.9 Å². The highest BCUT2D eigenvalue weighted by molar-refractivity contribution is 7.90. The molecule has 0 N–H and O–H groups in total. The van der Waals surface area contributed by atoms with Gasteiger partial charge in [0.2, 0.25) is 0 Å². The molecule has 0 aliphatic carbocycles. The van der Waals surface area contributed by atoms with E-state index in [0.29, 0.717) is 4.90 Å². The van der Waals surface area contributed by atoms with Gasteiger partial charge in [-0.1, -0.05) is 60.2 Å². The predicted molar refractivity (Wildman–Crippen MR) is 106 cm³/mol. The molecule has 4 heteroatoms. The normalized spacial score (nSPS) is 11.8. The molecule has 3 aromatic carbocycles. The molecule has 0 aliphatic heterocycles. The van der Waals surface area contributed by atoms with Crippen LogP contribution >= 0.6 is 0 Å². The zero-order chi connectivity index (χ0) is 18.3. The lowest BCUT2D eigenvalue weighted by molar-refractivity contribution is 0.589. The fraction of sp³-hybridized carbons (Fsp3) is 0.0909. The molecule has 0 radical (unpaired) electrons. The first-order chi connectivity index (χ1) is 12.5. The van der Waals surface area contributed by atoms with Crippen molar-refractivity contribution in [1.29, 1.82) is 0 Å². The van der Waals surface area contributed by atoms with Gasteiger partial charge in [0.1, 0.15) is 0 Å². The number of aryl methyl sites for hydroxylation is 2. The first kappa shape index (κ1) is 16.6. The number of fused-ring (bicyclic) bond motifs is 1. The van der Waals surface area contributed by atoms with Gasteiger partial charge < -0.3 is 0 Å². The Bertz CT molecular complexity index is 1190. The van der Waals surface area contributed by atoms with Crippen molar-refractivity contribution in [2.24, 2.45) is 0 Å². The number of benzene rings is 3. The topological polar surface area (TPSA) is 39.1 Å². The molecule has 0 bridgehead atoms. The molecule has 0 aliphatic rings. The molecule has 0 fully saturated rings. The lowest BCUT2D eigenvalue weighted by Crippen LogP contribution is -2.12. The Morgan fingerprint density at radius 2 is 1.46 bits per heavy atom. The molecular formula is C22H19NO2S. The van der Waals surface area contributed by atoms with E-state index >= 15 is 0 Å². The lowest BCUT2D eigenvalue weighted by atomic mass is 10.0. The number of nitrogens with zero attached hydrogens (tertiary/aromatic N) is 1. The average molecular weight is 361 g/mol. The molecule has 26 heavy (non-hydrogen) atoms. The van der Waals surface area contributed by atoms with Crippen molar-refractivity contribution >= 4 is 20.9 Å². The van der Waals surface area contributed by atoms with Gasteiger partial charge in [-0.15, -0.1) is 0 Å². The maximum atomic E-state index is 13.3. The molecule has 1 aromatic heterocycles. The second-order valence-electron chi connectivity index (χ2n) is 6.49. The highest BCUT2D eigenvalue weighted by Crippen LogP contribution is 2.33. The summed E-state index contributed by atoms with van der Waals surface area (Å²) in [6, 6.07) is 22.7. The molecule has 4 rings (SSSR count). The zero-order valence-corrected chi connectivity index (χ0v) is 15.5. The van der Waals surface area contributed by atoms with Crippen molar-refractivity contribution < 1.29 is 8.42 Å². The van der Waals surface area contributed by atoms with Gasteiger partial charge in [0, 0.05) is 17.1 Å². The summed E-state index contributed by atoms with van der Waals surface area (Å²) in [4.78, 5) is 0.293. The minimum Gasteiger partial charge on any atom is -0.241 e. The van der Waals surface area contributed by atoms with Gasteiger partial charge in [-0.05, 0) is 43.2 Å². The fourth-order valence-electron chi connectivity index (χ4n) is 3.25. The molecule has 0 amide bonds. The molecule has 0 spiro atoms. The minimum atomic E-state index is -3.67. The number of hydrogen-bond acceptors (Lipinski definition) is 2. The SMILES string of the molecule is Cc1ccc(S(=O)(=O)n2ccc3c(C)ccc(-c4ccccc4)c32)cc1. The molecule has 4 aromatic rings. The fourth-order valence-corrected chi connectivity index (χ4v) is 4.61. The van der Waals surface area contributed by atoms with E-state index in [-0.39, 0.29) is 0 Å². The Labute approximate surface area is 153 Å². The van der Waals surface area contributed by atoms with Gasteiger partial charge in [0.15, 0.2) is 0 Å². The van der Waals surface area contributed by atoms with E-state index < -0.39 is 10.0 Å². The summed E-state index contributed by atoms with van der Waals surface area (Å²) in [6.45, 7) is 3.94. The van der Waals surface area contributed by atoms with E-state index in [1.165, 1.54) is 3.97 Å². The van der Waals surface area contributed by atoms with Gasteiger partial charge in [-0.3, -0.25) is 0 Å². The van der Waals surface area contributed by atoms with E-state index in [0.717, 1.165) is 33.2 Å². The smallest absolute Gasteiger partial charge is 0.241 e. The first-order valence-corrected chi connectivity index (χ1v) is 9.91. The van der Waals surface area contributed by atoms with Gasteiger partial charge in [-0.2, -0.15) is 0 Å². The highest BCUT2D eigenvalue weighted by atomic mass is 32.2. The summed E-state index contributed by atoms with van der Waals surface area (Å²) in [5.41, 5.74) is 4.71. The highest BCUT2D eigenvalue weighted by Gasteiger charge is 2.21. The van der Waals surface area contributed by atoms with Crippen molar-refractivity contribution in [3.63, 3.8) is 0 Å². The summed E-state index contributed by atoms with van der Waals surface area (Å²) >= 11 is 0. The molecule has 0 saturated carbocycles. The van der Waals surface area contributed by atoms with Crippen molar-refractivity contribution in [3.05, 3.63) is 90.1 Å². The average Bonchev–Trinajstić information content (AvgIpc) is 3.10. The van der Waals surface area contributed by atoms with Crippen LogP contribution in [0.25, 0.3) is 22.0 Å². The Kier molecular flexibility index (Phi) is 3.93. The molecule has 1 heterocycles. The van der Waals surface area contributed by atoms with Crippen molar-refractivity contribution in [2.75, 3.05) is 0 Å². The van der Waals surface area contributed by atoms with E-state index in [2.05, 4.69) is 0 Å². The van der Waals surface area contributed by atoms with Crippen LogP contribution < -0.4 is 0 Å². The van der Waals surface area contributed by atoms with E-state index in [9.17, 15) is 8.42 Å². The quantitative estimate of drug-likeness (QED) is 0.505. The maximum Gasteiger partial charge on any atom is 0.268 e. The molecule has 0 atom stereocenters. The van der Waals surface area contributed by atoms with Crippen molar-refractivity contribution in [3.8, 4) is 11.1 Å². The first-order valence-electron chi connectivity index (χ1n) is 8.47. The van der Waals surface area contributed by atoms with E-state index in [1.807, 2.05) is 74.5 Å². The summed E-state index contributed by atoms with van der Waals surface area (Å²) in [7, 11) is -3.67. The van der Waals surface area contributed by atoms with Crippen molar-refractivity contribution in [1.82, 2.24) is 3.97 Å². The zero-order valence-electron chi connectivity index (χ0n) is 14.7. The molecule has 3 nitrogen and oxygen atoms in total. The number of hydrogen-bond donors (Lipinski definition) is 0. The molecule has 0 unspecified atom stereocenters. The summed E-state index contributed by atoms with van der Waals surface area (Å²) in [5, 5.41) is 0.946. The largest absolute Gasteiger partial charge is 0.268 e. The van der Waals surface area contributed by atoms with Gasteiger partial charge in [0.25, 0.3) is 10.0 Å². The lowest BCUT2D eigenvalue weighted by Gasteiger charge is -2.12. The van der Waals surface area contributed by atoms with Crippen LogP contribution in [0.2, 0.25) is 0 Å². The summed E-state index contributed by atoms with van der Waals surface area (Å²) < 4.78 is 28.0. The van der Waals surface area contributed by atoms with E-state index in [1.54, 1.807) is 18.3 Å². The van der Waals surface area contributed by atoms with Crippen LogP contribution in [-0.2, 0) is 10.0 Å². The Hall–Kier alpha value is -2.85. The third-order valence-electron chi connectivity index (χ3n) is 4.69.